The highest BCUT2D eigenvalue weighted by Gasteiger charge is 1.94. The van der Waals surface area contributed by atoms with E-state index in [1.54, 1.807) is 0 Å². The minimum Gasteiger partial charge on any atom is -0.489 e. The first-order valence-electron chi connectivity index (χ1n) is 4.42. The second-order valence-electron chi connectivity index (χ2n) is 3.30. The number of ether oxygens (including phenoxy) is 1. The van der Waals surface area contributed by atoms with E-state index in [0.717, 1.165) is 5.75 Å². The fourth-order valence-electron chi connectivity index (χ4n) is 0.804. The van der Waals surface area contributed by atoms with Crippen molar-refractivity contribution in [2.75, 3.05) is 6.61 Å². The third-order valence-corrected chi connectivity index (χ3v) is 2.00. The first-order chi connectivity index (χ1) is 6.20. The summed E-state index contributed by atoms with van der Waals surface area (Å²) in [5, 5.41) is 0. The van der Waals surface area contributed by atoms with Gasteiger partial charge in [0, 0.05) is 0 Å². The minimum atomic E-state index is 0.673. The first-order valence-corrected chi connectivity index (χ1v) is 4.42. The molecule has 0 atom stereocenters. The van der Waals surface area contributed by atoms with Crippen molar-refractivity contribution in [3.8, 4) is 5.75 Å². The van der Waals surface area contributed by atoms with Gasteiger partial charge in [0.15, 0.2) is 0 Å². The highest BCUT2D eigenvalue weighted by Crippen LogP contribution is 2.10. The van der Waals surface area contributed by atoms with Crippen LogP contribution in [0.3, 0.4) is 0 Å². The van der Waals surface area contributed by atoms with Crippen LogP contribution in [0.15, 0.2) is 35.4 Å². The molecule has 0 aliphatic carbocycles. The zero-order chi connectivity index (χ0) is 9.68. The highest BCUT2D eigenvalue weighted by molar-refractivity contribution is 5.21. The Morgan fingerprint density at radius 3 is 2.38 bits per heavy atom. The predicted molar refractivity (Wildman–Crippen MR) is 54.8 cm³/mol. The maximum atomic E-state index is 5.55. The molecule has 69 valence electrons. The summed E-state index contributed by atoms with van der Waals surface area (Å²) in [6.45, 7) is 6.95. The molecule has 0 fully saturated rings. The molecule has 0 N–H and O–H groups in total. The minimum absolute atomic E-state index is 0.673. The molecular formula is C12H15O. The molecule has 0 heterocycles. The van der Waals surface area contributed by atoms with Crippen molar-refractivity contribution in [3.63, 3.8) is 0 Å². The van der Waals surface area contributed by atoms with E-state index >= 15 is 0 Å². The molecule has 0 unspecified atom stereocenters. The van der Waals surface area contributed by atoms with Gasteiger partial charge in [0.05, 0.1) is 0 Å². The van der Waals surface area contributed by atoms with Crippen LogP contribution in [0.4, 0.5) is 0 Å². The molecular weight excluding hydrogens is 160 g/mol. The van der Waals surface area contributed by atoms with Crippen LogP contribution in [0.25, 0.3) is 0 Å². The van der Waals surface area contributed by atoms with Gasteiger partial charge in [-0.05, 0) is 44.5 Å². The summed E-state index contributed by atoms with van der Waals surface area (Å²) >= 11 is 0. The molecule has 0 saturated heterocycles. The summed E-state index contributed by atoms with van der Waals surface area (Å²) in [6, 6.07) is 10.5. The molecule has 1 aromatic rings. The summed E-state index contributed by atoms with van der Waals surface area (Å²) in [4.78, 5) is 0. The van der Waals surface area contributed by atoms with Gasteiger partial charge in [0.25, 0.3) is 0 Å². The molecule has 1 radical (unpaired) electrons. The van der Waals surface area contributed by atoms with E-state index in [1.807, 2.05) is 24.3 Å². The fourth-order valence-corrected chi connectivity index (χ4v) is 0.804. The molecule has 0 aromatic heterocycles. The Hall–Kier alpha value is -1.24. The van der Waals surface area contributed by atoms with Crippen LogP contribution in [0.2, 0.25) is 0 Å². The molecule has 1 nitrogen and oxygen atoms in total. The van der Waals surface area contributed by atoms with Crippen LogP contribution in [0.1, 0.15) is 20.8 Å². The summed E-state index contributed by atoms with van der Waals surface area (Å²) in [5.41, 5.74) is 2.61. The van der Waals surface area contributed by atoms with Crippen molar-refractivity contribution in [3.05, 3.63) is 41.5 Å². The van der Waals surface area contributed by atoms with Crippen LogP contribution in [0, 0.1) is 6.07 Å². The number of benzene rings is 1. The third-order valence-electron chi connectivity index (χ3n) is 2.00. The molecule has 0 saturated carbocycles. The van der Waals surface area contributed by atoms with Crippen molar-refractivity contribution in [2.24, 2.45) is 0 Å². The second-order valence-corrected chi connectivity index (χ2v) is 3.30. The predicted octanol–water partition coefficient (Wildman–Crippen LogP) is 3.22. The van der Waals surface area contributed by atoms with Gasteiger partial charge in [-0.25, -0.2) is 0 Å². The van der Waals surface area contributed by atoms with Gasteiger partial charge in [0.2, 0.25) is 0 Å². The van der Waals surface area contributed by atoms with E-state index in [4.69, 9.17) is 4.74 Å². The lowest BCUT2D eigenvalue weighted by Gasteiger charge is -2.07. The van der Waals surface area contributed by atoms with Gasteiger partial charge < -0.3 is 4.74 Å². The van der Waals surface area contributed by atoms with Gasteiger partial charge in [-0.2, -0.15) is 0 Å². The van der Waals surface area contributed by atoms with Crippen LogP contribution in [-0.4, -0.2) is 6.61 Å². The van der Waals surface area contributed by atoms with Gasteiger partial charge in [-0.15, -0.1) is 0 Å². The SMILES string of the molecule is CC(C)=C(C)COc1cc[c]cc1. The summed E-state index contributed by atoms with van der Waals surface area (Å²) in [5.74, 6) is 0.902. The normalized spacial score (nSPS) is 9.46. The average Bonchev–Trinajstić information content (AvgIpc) is 2.15. The summed E-state index contributed by atoms with van der Waals surface area (Å²) in [6.07, 6.45) is 0. The lowest BCUT2D eigenvalue weighted by molar-refractivity contribution is 0.351. The number of rotatable bonds is 3. The zero-order valence-corrected chi connectivity index (χ0v) is 8.42. The Labute approximate surface area is 80.0 Å². The molecule has 0 bridgehead atoms. The largest absolute Gasteiger partial charge is 0.489 e. The van der Waals surface area contributed by atoms with Crippen LogP contribution in [0.5, 0.6) is 5.75 Å². The molecule has 1 heteroatoms. The Morgan fingerprint density at radius 1 is 1.23 bits per heavy atom. The lowest BCUT2D eigenvalue weighted by Crippen LogP contribution is -1.99. The maximum Gasteiger partial charge on any atom is 0.119 e. The Balaban J connectivity index is 2.49. The number of hydrogen-bond donors (Lipinski definition) is 0. The number of hydrogen-bond acceptors (Lipinski definition) is 1. The molecule has 1 rings (SSSR count). The Kier molecular flexibility index (Phi) is 3.56. The van der Waals surface area contributed by atoms with Crippen molar-refractivity contribution in [1.29, 1.82) is 0 Å². The van der Waals surface area contributed by atoms with Gasteiger partial charge in [-0.1, -0.05) is 17.7 Å². The van der Waals surface area contributed by atoms with Crippen LogP contribution < -0.4 is 4.74 Å². The lowest BCUT2D eigenvalue weighted by atomic mass is 10.2. The van der Waals surface area contributed by atoms with E-state index in [0.29, 0.717) is 6.61 Å². The standard InChI is InChI=1S/C12H15O/c1-10(2)11(3)9-13-12-7-5-4-6-8-12/h5-8H,9H2,1-3H3. The van der Waals surface area contributed by atoms with Gasteiger partial charge in [-0.3, -0.25) is 0 Å². The molecule has 0 amide bonds. The molecule has 13 heavy (non-hydrogen) atoms. The van der Waals surface area contributed by atoms with Crippen LogP contribution >= 0.6 is 0 Å². The molecule has 1 aromatic carbocycles. The van der Waals surface area contributed by atoms with E-state index in [-0.39, 0.29) is 0 Å². The Morgan fingerprint density at radius 2 is 1.85 bits per heavy atom. The van der Waals surface area contributed by atoms with Crippen molar-refractivity contribution in [2.45, 2.75) is 20.8 Å². The topological polar surface area (TPSA) is 9.23 Å². The second kappa shape index (κ2) is 4.70. The fraction of sp³-hybridized carbons (Fsp3) is 0.333. The number of allylic oxidation sites excluding steroid dienone is 1. The zero-order valence-electron chi connectivity index (χ0n) is 8.42. The quantitative estimate of drug-likeness (QED) is 0.641. The van der Waals surface area contributed by atoms with E-state index < -0.39 is 0 Å². The third kappa shape index (κ3) is 3.32. The Bertz CT molecular complexity index is 281. The summed E-state index contributed by atoms with van der Waals surface area (Å²) in [7, 11) is 0. The van der Waals surface area contributed by atoms with Gasteiger partial charge in [0.1, 0.15) is 12.4 Å². The molecule has 0 aliphatic heterocycles. The van der Waals surface area contributed by atoms with E-state index in [2.05, 4.69) is 26.8 Å². The van der Waals surface area contributed by atoms with Crippen molar-refractivity contribution in [1.82, 2.24) is 0 Å². The van der Waals surface area contributed by atoms with Crippen molar-refractivity contribution >= 4 is 0 Å². The van der Waals surface area contributed by atoms with E-state index in [1.165, 1.54) is 11.1 Å². The monoisotopic (exact) mass is 175 g/mol. The molecule has 0 aliphatic rings. The van der Waals surface area contributed by atoms with Crippen LogP contribution in [-0.2, 0) is 0 Å². The van der Waals surface area contributed by atoms with Crippen molar-refractivity contribution < 1.29 is 4.74 Å². The van der Waals surface area contributed by atoms with Gasteiger partial charge >= 0.3 is 0 Å². The molecule has 0 spiro atoms. The maximum absolute atomic E-state index is 5.55. The average molecular weight is 175 g/mol. The first kappa shape index (κ1) is 9.85. The summed E-state index contributed by atoms with van der Waals surface area (Å²) < 4.78 is 5.55. The highest BCUT2D eigenvalue weighted by atomic mass is 16.5. The van der Waals surface area contributed by atoms with E-state index in [9.17, 15) is 0 Å². The smallest absolute Gasteiger partial charge is 0.119 e.